The van der Waals surface area contributed by atoms with Gasteiger partial charge in [-0.25, -0.2) is 4.98 Å². The van der Waals surface area contributed by atoms with Crippen molar-refractivity contribution in [3.63, 3.8) is 0 Å². The molecule has 1 N–H and O–H groups in total. The van der Waals surface area contributed by atoms with Crippen LogP contribution in [0.2, 0.25) is 0 Å². The van der Waals surface area contributed by atoms with Gasteiger partial charge >= 0.3 is 0 Å². The summed E-state index contributed by atoms with van der Waals surface area (Å²) in [5.41, 5.74) is 0. The van der Waals surface area contributed by atoms with Gasteiger partial charge in [-0.1, -0.05) is 6.42 Å². The highest BCUT2D eigenvalue weighted by Crippen LogP contribution is 2.29. The molecule has 3 fully saturated rings. The molecule has 7 nitrogen and oxygen atoms in total. The van der Waals surface area contributed by atoms with Crippen LogP contribution in [0.3, 0.4) is 0 Å². The number of carbonyl (C=O) groups excluding carboxylic acids is 1. The summed E-state index contributed by atoms with van der Waals surface area (Å²) in [6, 6.07) is 1.60. The molecule has 138 valence electrons. The van der Waals surface area contributed by atoms with E-state index < -0.39 is 0 Å². The summed E-state index contributed by atoms with van der Waals surface area (Å²) in [5.74, 6) is 0.190. The maximum absolute atomic E-state index is 12.6. The van der Waals surface area contributed by atoms with E-state index in [9.17, 15) is 4.79 Å². The summed E-state index contributed by atoms with van der Waals surface area (Å²) in [6.07, 6.45) is 11.8. The molecule has 1 atom stereocenters. The highest BCUT2D eigenvalue weighted by Gasteiger charge is 2.32. The number of aromatic nitrogens is 3. The average molecular weight is 346 g/mol. The Morgan fingerprint density at radius 2 is 1.92 bits per heavy atom. The lowest BCUT2D eigenvalue weighted by molar-refractivity contribution is -0.124. The average Bonchev–Trinajstić information content (AvgIpc) is 3.34. The van der Waals surface area contributed by atoms with Gasteiger partial charge in [0.2, 0.25) is 5.91 Å². The molecule has 3 heterocycles. The summed E-state index contributed by atoms with van der Waals surface area (Å²) in [7, 11) is 0. The van der Waals surface area contributed by atoms with Gasteiger partial charge < -0.3 is 10.2 Å². The van der Waals surface area contributed by atoms with Crippen LogP contribution in [0.5, 0.6) is 0 Å². The van der Waals surface area contributed by atoms with E-state index in [0.29, 0.717) is 18.6 Å². The fourth-order valence-electron chi connectivity index (χ4n) is 4.32. The maximum Gasteiger partial charge on any atom is 0.234 e. The monoisotopic (exact) mass is 346 g/mol. The molecule has 1 unspecified atom stereocenters. The normalized spacial score (nSPS) is 26.6. The first-order chi connectivity index (χ1) is 12.3. The molecule has 1 saturated carbocycles. The minimum absolute atomic E-state index is 0.190. The summed E-state index contributed by atoms with van der Waals surface area (Å²) in [6.45, 7) is 4.64. The van der Waals surface area contributed by atoms with Crippen molar-refractivity contribution in [3.05, 3.63) is 12.7 Å². The second kappa shape index (κ2) is 7.83. The molecule has 0 radical (unpaired) electrons. The van der Waals surface area contributed by atoms with Crippen LogP contribution in [-0.2, 0) is 11.3 Å². The first-order valence-electron chi connectivity index (χ1n) is 9.88. The van der Waals surface area contributed by atoms with Gasteiger partial charge in [0.05, 0.1) is 13.1 Å². The van der Waals surface area contributed by atoms with Gasteiger partial charge in [0.25, 0.3) is 0 Å². The van der Waals surface area contributed by atoms with E-state index in [4.69, 9.17) is 0 Å². The van der Waals surface area contributed by atoms with Crippen molar-refractivity contribution < 1.29 is 4.79 Å². The third kappa shape index (κ3) is 4.58. The molecule has 0 bridgehead atoms. The third-order valence-corrected chi connectivity index (χ3v) is 5.92. The minimum atomic E-state index is 0.190. The lowest BCUT2D eigenvalue weighted by atomic mass is 10.0. The number of carbonyl (C=O) groups is 1. The van der Waals surface area contributed by atoms with Crippen LogP contribution in [-0.4, -0.2) is 74.8 Å². The third-order valence-electron chi connectivity index (χ3n) is 5.92. The second-order valence-corrected chi connectivity index (χ2v) is 7.85. The Balaban J connectivity index is 1.24. The van der Waals surface area contributed by atoms with Crippen LogP contribution in [0, 0.1) is 0 Å². The van der Waals surface area contributed by atoms with E-state index in [2.05, 4.69) is 25.2 Å². The zero-order chi connectivity index (χ0) is 17.1. The molecule has 0 spiro atoms. The van der Waals surface area contributed by atoms with Crippen LogP contribution in [0.4, 0.5) is 0 Å². The molecule has 2 saturated heterocycles. The molecule has 25 heavy (non-hydrogen) atoms. The Hall–Kier alpha value is -1.47. The summed E-state index contributed by atoms with van der Waals surface area (Å²) >= 11 is 0. The number of piperidine rings is 2. The van der Waals surface area contributed by atoms with E-state index >= 15 is 0 Å². The Labute approximate surface area is 149 Å². The van der Waals surface area contributed by atoms with Crippen molar-refractivity contribution in [2.24, 2.45) is 0 Å². The Kier molecular flexibility index (Phi) is 5.31. The fourth-order valence-corrected chi connectivity index (χ4v) is 4.32. The Bertz CT molecular complexity index is 550. The standard InChI is InChI=1S/C18H30N6O/c25-18(21-15-6-9-22(10-7-15)16-4-5-16)12-23-8-2-1-3-17(23)11-24-14-19-13-20-24/h13-17H,1-12H2,(H,21,25). The smallest absolute Gasteiger partial charge is 0.234 e. The predicted octanol–water partition coefficient (Wildman–Crippen LogP) is 0.876. The molecular formula is C18H30N6O. The van der Waals surface area contributed by atoms with Crippen LogP contribution >= 0.6 is 0 Å². The molecule has 1 aliphatic carbocycles. The number of hydrogen-bond donors (Lipinski definition) is 1. The predicted molar refractivity (Wildman–Crippen MR) is 95.0 cm³/mol. The molecule has 7 heteroatoms. The van der Waals surface area contributed by atoms with Crippen molar-refractivity contribution in [3.8, 4) is 0 Å². The molecule has 0 aromatic carbocycles. The van der Waals surface area contributed by atoms with Gasteiger partial charge in [0.1, 0.15) is 12.7 Å². The topological polar surface area (TPSA) is 66.3 Å². The molecular weight excluding hydrogens is 316 g/mol. The molecule has 2 aliphatic heterocycles. The molecule has 3 aliphatic rings. The number of nitrogens with zero attached hydrogens (tertiary/aromatic N) is 5. The van der Waals surface area contributed by atoms with E-state index in [1.54, 1.807) is 12.7 Å². The zero-order valence-electron chi connectivity index (χ0n) is 15.0. The van der Waals surface area contributed by atoms with Crippen molar-refractivity contribution >= 4 is 5.91 Å². The number of rotatable bonds is 6. The number of amides is 1. The van der Waals surface area contributed by atoms with Gasteiger partial charge in [-0.05, 0) is 45.1 Å². The van der Waals surface area contributed by atoms with Crippen molar-refractivity contribution in [2.75, 3.05) is 26.2 Å². The van der Waals surface area contributed by atoms with E-state index in [0.717, 1.165) is 51.5 Å². The number of nitrogens with one attached hydrogen (secondary N) is 1. The van der Waals surface area contributed by atoms with Crippen molar-refractivity contribution in [1.82, 2.24) is 29.9 Å². The molecule has 1 aromatic rings. The second-order valence-electron chi connectivity index (χ2n) is 7.85. The van der Waals surface area contributed by atoms with Crippen LogP contribution in [0.15, 0.2) is 12.7 Å². The summed E-state index contributed by atoms with van der Waals surface area (Å²) < 4.78 is 1.88. The SMILES string of the molecule is O=C(CN1CCCCC1Cn1cncn1)NC1CCN(C2CC2)CC1. The lowest BCUT2D eigenvalue weighted by Gasteiger charge is -2.36. The Morgan fingerprint density at radius 1 is 1.08 bits per heavy atom. The number of likely N-dealkylation sites (tertiary alicyclic amines) is 2. The van der Waals surface area contributed by atoms with Crippen LogP contribution in [0.25, 0.3) is 0 Å². The highest BCUT2D eigenvalue weighted by molar-refractivity contribution is 5.78. The Morgan fingerprint density at radius 3 is 2.64 bits per heavy atom. The quantitative estimate of drug-likeness (QED) is 0.828. The van der Waals surface area contributed by atoms with E-state index in [-0.39, 0.29) is 5.91 Å². The summed E-state index contributed by atoms with van der Waals surface area (Å²) in [4.78, 5) is 21.5. The van der Waals surface area contributed by atoms with Gasteiger partial charge in [0, 0.05) is 31.2 Å². The number of hydrogen-bond acceptors (Lipinski definition) is 5. The lowest BCUT2D eigenvalue weighted by Crippen LogP contribution is -2.51. The van der Waals surface area contributed by atoms with Gasteiger partial charge in [-0.15, -0.1) is 0 Å². The zero-order valence-corrected chi connectivity index (χ0v) is 15.0. The molecule has 4 rings (SSSR count). The highest BCUT2D eigenvalue weighted by atomic mass is 16.2. The summed E-state index contributed by atoms with van der Waals surface area (Å²) in [5, 5.41) is 7.50. The van der Waals surface area contributed by atoms with Gasteiger partial charge in [-0.2, -0.15) is 5.10 Å². The van der Waals surface area contributed by atoms with Gasteiger partial charge in [0.15, 0.2) is 0 Å². The first kappa shape index (κ1) is 17.0. The largest absolute Gasteiger partial charge is 0.352 e. The van der Waals surface area contributed by atoms with E-state index in [1.807, 2.05) is 4.68 Å². The first-order valence-corrected chi connectivity index (χ1v) is 9.88. The van der Waals surface area contributed by atoms with Crippen molar-refractivity contribution in [2.45, 2.75) is 69.6 Å². The van der Waals surface area contributed by atoms with Crippen LogP contribution in [0.1, 0.15) is 44.9 Å². The van der Waals surface area contributed by atoms with Gasteiger partial charge in [-0.3, -0.25) is 14.4 Å². The molecule has 1 amide bonds. The maximum atomic E-state index is 12.6. The van der Waals surface area contributed by atoms with E-state index in [1.165, 1.54) is 25.7 Å². The fraction of sp³-hybridized carbons (Fsp3) is 0.833. The van der Waals surface area contributed by atoms with Crippen LogP contribution < -0.4 is 5.32 Å². The molecule has 1 aromatic heterocycles. The minimum Gasteiger partial charge on any atom is -0.352 e. The van der Waals surface area contributed by atoms with Crippen molar-refractivity contribution in [1.29, 1.82) is 0 Å².